The van der Waals surface area contributed by atoms with Gasteiger partial charge in [-0.25, -0.2) is 9.59 Å². The van der Waals surface area contributed by atoms with Gasteiger partial charge in [-0.15, -0.1) is 0 Å². The molecule has 0 aliphatic heterocycles. The molecule has 0 aromatic heterocycles. The van der Waals surface area contributed by atoms with E-state index in [1.807, 2.05) is 0 Å². The van der Waals surface area contributed by atoms with Gasteiger partial charge in [0.25, 0.3) is 0 Å². The first kappa shape index (κ1) is 47.9. The fraction of sp³-hybridized carbons (Fsp3) is 0.625. The molecule has 18 nitrogen and oxygen atoms in total. The van der Waals surface area contributed by atoms with Crippen molar-refractivity contribution in [3.63, 3.8) is 0 Å². The van der Waals surface area contributed by atoms with Gasteiger partial charge in [0.2, 0.25) is 0 Å². The summed E-state index contributed by atoms with van der Waals surface area (Å²) in [5.41, 5.74) is -0.0372. The lowest BCUT2D eigenvalue weighted by Crippen LogP contribution is -2.12. The minimum Gasteiger partial charge on any atom is -0.478 e. The fourth-order valence-electron chi connectivity index (χ4n) is 3.23. The van der Waals surface area contributed by atoms with Crippen LogP contribution in [0.4, 0.5) is 0 Å². The van der Waals surface area contributed by atoms with Crippen molar-refractivity contribution in [1.29, 1.82) is 0 Å². The zero-order chi connectivity index (χ0) is 37.8. The van der Waals surface area contributed by atoms with Gasteiger partial charge in [-0.1, -0.05) is 6.07 Å². The third-order valence-corrected chi connectivity index (χ3v) is 5.54. The molecule has 0 amide bonds. The summed E-state index contributed by atoms with van der Waals surface area (Å²) in [5, 5.41) is 50.7. The standard InChI is InChI=1S/2C12H22O7.C8H6O4/c2*13-5-7-17-9-10-19-12(16)4-2-1-3-11(15)18-8-6-14;9-7(10)5-2-1-3-6(4-5)8(11)12/h2*13-14H,1-10H2;1-4H,(H,9,10)(H,11,12). The molecule has 0 saturated heterocycles. The Labute approximate surface area is 289 Å². The molecule has 50 heavy (non-hydrogen) atoms. The van der Waals surface area contributed by atoms with E-state index < -0.39 is 11.9 Å². The average Bonchev–Trinajstić information content (AvgIpc) is 3.10. The number of rotatable bonds is 26. The van der Waals surface area contributed by atoms with Crippen molar-refractivity contribution in [2.75, 3.05) is 79.3 Å². The number of carbonyl (C=O) groups excluding carboxylic acids is 4. The topological polar surface area (TPSA) is 279 Å². The Hall–Kier alpha value is -4.20. The molecule has 0 saturated carbocycles. The first-order chi connectivity index (χ1) is 24.0. The third-order valence-electron chi connectivity index (χ3n) is 5.54. The number of ether oxygens (including phenoxy) is 6. The number of aliphatic hydroxyl groups excluding tert-OH is 4. The Morgan fingerprint density at radius 1 is 0.440 bits per heavy atom. The molecule has 18 heteroatoms. The van der Waals surface area contributed by atoms with Crippen LogP contribution in [0, 0.1) is 0 Å². The van der Waals surface area contributed by atoms with E-state index >= 15 is 0 Å². The minimum absolute atomic E-state index is 0.00865. The van der Waals surface area contributed by atoms with Gasteiger partial charge < -0.3 is 59.1 Å². The Balaban J connectivity index is 0. The van der Waals surface area contributed by atoms with E-state index in [0.717, 1.165) is 6.07 Å². The molecular formula is C32H50O18. The van der Waals surface area contributed by atoms with Crippen molar-refractivity contribution in [2.45, 2.75) is 51.4 Å². The number of carbonyl (C=O) groups is 6. The molecule has 1 aromatic rings. The highest BCUT2D eigenvalue weighted by atomic mass is 16.6. The highest BCUT2D eigenvalue weighted by Gasteiger charge is 2.08. The molecule has 0 unspecified atom stereocenters. The monoisotopic (exact) mass is 722 g/mol. The van der Waals surface area contributed by atoms with Gasteiger partial charge in [0.1, 0.15) is 26.4 Å². The second kappa shape index (κ2) is 34.7. The van der Waals surface area contributed by atoms with E-state index in [4.69, 9.17) is 49.6 Å². The number of aromatic carboxylic acids is 2. The van der Waals surface area contributed by atoms with Crippen LogP contribution in [0.1, 0.15) is 72.1 Å². The first-order valence-electron chi connectivity index (χ1n) is 15.8. The lowest BCUT2D eigenvalue weighted by molar-refractivity contribution is -0.147. The van der Waals surface area contributed by atoms with Crippen LogP contribution in [0.5, 0.6) is 0 Å². The molecule has 0 bridgehead atoms. The molecule has 0 atom stereocenters. The number of carboxylic acids is 2. The molecule has 0 spiro atoms. The highest BCUT2D eigenvalue weighted by molar-refractivity contribution is 5.93. The third kappa shape index (κ3) is 32.4. The van der Waals surface area contributed by atoms with E-state index in [1.54, 1.807) is 0 Å². The number of hydrogen-bond acceptors (Lipinski definition) is 16. The quantitative estimate of drug-likeness (QED) is 0.0427. The van der Waals surface area contributed by atoms with Crippen molar-refractivity contribution in [3.8, 4) is 0 Å². The van der Waals surface area contributed by atoms with Gasteiger partial charge in [0, 0.05) is 25.7 Å². The highest BCUT2D eigenvalue weighted by Crippen LogP contribution is 2.05. The van der Waals surface area contributed by atoms with Crippen LogP contribution in [0.15, 0.2) is 24.3 Å². The van der Waals surface area contributed by atoms with E-state index in [-0.39, 0.29) is 140 Å². The summed E-state index contributed by atoms with van der Waals surface area (Å²) in [6.07, 6.45) is 3.12. The predicted molar refractivity (Wildman–Crippen MR) is 171 cm³/mol. The molecule has 6 N–H and O–H groups in total. The normalized spacial score (nSPS) is 10.0. The number of unbranched alkanes of at least 4 members (excludes halogenated alkanes) is 2. The van der Waals surface area contributed by atoms with Crippen LogP contribution in [0.3, 0.4) is 0 Å². The molecule has 0 aliphatic carbocycles. The smallest absolute Gasteiger partial charge is 0.335 e. The average molecular weight is 723 g/mol. The molecule has 0 aliphatic rings. The lowest BCUT2D eigenvalue weighted by Gasteiger charge is -2.05. The molecule has 286 valence electrons. The van der Waals surface area contributed by atoms with Crippen molar-refractivity contribution in [1.82, 2.24) is 0 Å². The van der Waals surface area contributed by atoms with Crippen LogP contribution in [0.2, 0.25) is 0 Å². The molecule has 1 aromatic carbocycles. The van der Waals surface area contributed by atoms with Crippen LogP contribution < -0.4 is 0 Å². The zero-order valence-corrected chi connectivity index (χ0v) is 28.0. The van der Waals surface area contributed by atoms with E-state index in [1.165, 1.54) is 18.2 Å². The SMILES string of the molecule is O=C(CCCCC(=O)OCCOCCO)OCCO.O=C(CCCCC(=O)OCCOCCO)OCCO.O=C(O)c1cccc(C(=O)O)c1. The van der Waals surface area contributed by atoms with Gasteiger partial charge >= 0.3 is 35.8 Å². The Morgan fingerprint density at radius 2 is 0.740 bits per heavy atom. The second-order valence-electron chi connectivity index (χ2n) is 9.61. The van der Waals surface area contributed by atoms with Crippen molar-refractivity contribution < 1.29 is 87.8 Å². The number of esters is 4. The van der Waals surface area contributed by atoms with E-state index in [0.29, 0.717) is 25.7 Å². The maximum Gasteiger partial charge on any atom is 0.335 e. The largest absolute Gasteiger partial charge is 0.478 e. The summed E-state index contributed by atoms with van der Waals surface area (Å²) in [4.78, 5) is 65.3. The molecular weight excluding hydrogens is 672 g/mol. The zero-order valence-electron chi connectivity index (χ0n) is 28.0. The molecule has 0 radical (unpaired) electrons. The van der Waals surface area contributed by atoms with Crippen LogP contribution in [-0.4, -0.2) is 146 Å². The second-order valence-corrected chi connectivity index (χ2v) is 9.61. The minimum atomic E-state index is -1.13. The molecule has 0 heterocycles. The van der Waals surface area contributed by atoms with Gasteiger partial charge in [0.05, 0.1) is 64.0 Å². The predicted octanol–water partition coefficient (Wildman–Crippen LogP) is 0.352. The number of aliphatic hydroxyl groups is 4. The summed E-state index contributed by atoms with van der Waals surface area (Å²) < 4.78 is 28.9. The summed E-state index contributed by atoms with van der Waals surface area (Å²) >= 11 is 0. The van der Waals surface area contributed by atoms with Crippen molar-refractivity contribution >= 4 is 35.8 Å². The number of benzene rings is 1. The Kier molecular flexibility index (Phi) is 33.2. The van der Waals surface area contributed by atoms with Crippen LogP contribution in [0.25, 0.3) is 0 Å². The van der Waals surface area contributed by atoms with Crippen molar-refractivity contribution in [2.24, 2.45) is 0 Å². The lowest BCUT2D eigenvalue weighted by atomic mass is 10.1. The summed E-state index contributed by atoms with van der Waals surface area (Å²) in [6.45, 7) is 0.853. The summed E-state index contributed by atoms with van der Waals surface area (Å²) in [5.74, 6) is -3.68. The molecule has 0 fully saturated rings. The van der Waals surface area contributed by atoms with Gasteiger partial charge in [-0.3, -0.25) is 19.2 Å². The van der Waals surface area contributed by atoms with Gasteiger partial charge in [0.15, 0.2) is 0 Å². The summed E-state index contributed by atoms with van der Waals surface area (Å²) in [6, 6.07) is 5.20. The summed E-state index contributed by atoms with van der Waals surface area (Å²) in [7, 11) is 0. The van der Waals surface area contributed by atoms with Crippen LogP contribution >= 0.6 is 0 Å². The first-order valence-corrected chi connectivity index (χ1v) is 15.8. The number of hydrogen-bond donors (Lipinski definition) is 6. The maximum atomic E-state index is 11.2. The fourth-order valence-corrected chi connectivity index (χ4v) is 3.23. The van der Waals surface area contributed by atoms with Crippen molar-refractivity contribution in [3.05, 3.63) is 35.4 Å². The van der Waals surface area contributed by atoms with Crippen LogP contribution in [-0.2, 0) is 47.6 Å². The number of carboxylic acid groups (broad SMARTS) is 2. The molecule has 1 rings (SSSR count). The Morgan fingerprint density at radius 3 is 1.02 bits per heavy atom. The van der Waals surface area contributed by atoms with Gasteiger partial charge in [-0.05, 0) is 43.9 Å². The van der Waals surface area contributed by atoms with Gasteiger partial charge in [-0.2, -0.15) is 0 Å². The van der Waals surface area contributed by atoms with E-state index in [2.05, 4.69) is 9.47 Å². The Bertz CT molecular complexity index is 998. The maximum absolute atomic E-state index is 11.2. The van der Waals surface area contributed by atoms with E-state index in [9.17, 15) is 28.8 Å².